The van der Waals surface area contributed by atoms with Gasteiger partial charge in [0, 0.05) is 5.69 Å². The molecule has 6 heteroatoms. The van der Waals surface area contributed by atoms with Crippen LogP contribution in [0.15, 0.2) is 30.3 Å². The van der Waals surface area contributed by atoms with Crippen LogP contribution in [0.3, 0.4) is 0 Å². The fourth-order valence-electron chi connectivity index (χ4n) is 1.91. The largest absolute Gasteiger partial charge is 0.496 e. The first kappa shape index (κ1) is 13.4. The molecule has 2 aromatic rings. The number of rotatable bonds is 4. The van der Waals surface area contributed by atoms with Crippen molar-refractivity contribution < 1.29 is 17.9 Å². The second-order valence-electron chi connectivity index (χ2n) is 4.11. The number of sulfonamides is 1. The van der Waals surface area contributed by atoms with Gasteiger partial charge in [0.15, 0.2) is 6.29 Å². The molecule has 0 atom stereocenters. The van der Waals surface area contributed by atoms with Crippen LogP contribution in [-0.4, -0.2) is 28.1 Å². The second-order valence-corrected chi connectivity index (χ2v) is 5.86. The Morgan fingerprint density at radius 1 is 1.21 bits per heavy atom. The maximum absolute atomic E-state index is 11.2. The summed E-state index contributed by atoms with van der Waals surface area (Å²) >= 11 is 0. The van der Waals surface area contributed by atoms with Gasteiger partial charge in [-0.25, -0.2) is 8.42 Å². The maximum Gasteiger partial charge on any atom is 0.229 e. The number of nitrogens with one attached hydrogen (secondary N) is 1. The normalized spacial score (nSPS) is 11.3. The Balaban J connectivity index is 2.60. The third-order valence-electron chi connectivity index (χ3n) is 2.66. The predicted octanol–water partition coefficient (Wildman–Crippen LogP) is 2.03. The monoisotopic (exact) mass is 279 g/mol. The lowest BCUT2D eigenvalue weighted by atomic mass is 10.0. The zero-order chi connectivity index (χ0) is 14.0. The Bertz CT molecular complexity index is 738. The zero-order valence-electron chi connectivity index (χ0n) is 10.5. The molecule has 0 spiro atoms. The van der Waals surface area contributed by atoms with E-state index in [1.807, 2.05) is 0 Å². The molecule has 100 valence electrons. The Kier molecular flexibility index (Phi) is 3.44. The van der Waals surface area contributed by atoms with Gasteiger partial charge in [-0.1, -0.05) is 12.1 Å². The van der Waals surface area contributed by atoms with Crippen molar-refractivity contribution in [2.45, 2.75) is 0 Å². The van der Waals surface area contributed by atoms with Gasteiger partial charge in [-0.2, -0.15) is 0 Å². The van der Waals surface area contributed by atoms with E-state index in [4.69, 9.17) is 4.74 Å². The van der Waals surface area contributed by atoms with E-state index in [1.54, 1.807) is 30.3 Å². The molecule has 0 aliphatic carbocycles. The lowest BCUT2D eigenvalue weighted by molar-refractivity contribution is 0.112. The smallest absolute Gasteiger partial charge is 0.229 e. The number of anilines is 1. The van der Waals surface area contributed by atoms with Gasteiger partial charge in [0.25, 0.3) is 0 Å². The Hall–Kier alpha value is -2.08. The standard InChI is InChI=1S/C13H13NO4S/c1-18-13-6-3-9-7-10(14-19(2,16)17)4-5-11(9)12(13)8-15/h3-8,14H,1-2H3. The summed E-state index contributed by atoms with van der Waals surface area (Å²) in [4.78, 5) is 11.1. The summed E-state index contributed by atoms with van der Waals surface area (Å²) in [5.41, 5.74) is 0.905. The Morgan fingerprint density at radius 3 is 2.53 bits per heavy atom. The van der Waals surface area contributed by atoms with Crippen molar-refractivity contribution in [2.24, 2.45) is 0 Å². The van der Waals surface area contributed by atoms with Crippen LogP contribution in [0.5, 0.6) is 5.75 Å². The Morgan fingerprint density at radius 2 is 1.95 bits per heavy atom. The number of carbonyl (C=O) groups excluding carboxylic acids is 1. The summed E-state index contributed by atoms with van der Waals surface area (Å²) in [6.45, 7) is 0. The molecule has 0 aliphatic rings. The fraction of sp³-hybridized carbons (Fsp3) is 0.154. The van der Waals surface area contributed by atoms with Crippen molar-refractivity contribution in [3.05, 3.63) is 35.9 Å². The second kappa shape index (κ2) is 4.89. The Labute approximate surface area is 111 Å². The predicted molar refractivity (Wildman–Crippen MR) is 74.4 cm³/mol. The summed E-state index contributed by atoms with van der Waals surface area (Å²) in [6.07, 6.45) is 1.81. The highest BCUT2D eigenvalue weighted by atomic mass is 32.2. The van der Waals surface area contributed by atoms with E-state index in [-0.39, 0.29) is 0 Å². The number of aldehydes is 1. The minimum Gasteiger partial charge on any atom is -0.496 e. The number of fused-ring (bicyclic) bond motifs is 1. The molecule has 0 saturated heterocycles. The lowest BCUT2D eigenvalue weighted by Gasteiger charge is -2.09. The number of carbonyl (C=O) groups is 1. The molecule has 0 heterocycles. The van der Waals surface area contributed by atoms with Crippen molar-refractivity contribution in [3.8, 4) is 5.75 Å². The zero-order valence-corrected chi connectivity index (χ0v) is 11.3. The number of ether oxygens (including phenoxy) is 1. The lowest BCUT2D eigenvalue weighted by Crippen LogP contribution is -2.09. The summed E-state index contributed by atoms with van der Waals surface area (Å²) in [5, 5.41) is 1.48. The number of hydrogen-bond acceptors (Lipinski definition) is 4. The van der Waals surface area contributed by atoms with Gasteiger partial charge in [0.05, 0.1) is 18.9 Å². The minimum atomic E-state index is -3.32. The minimum absolute atomic E-state index is 0.450. The molecule has 1 N–H and O–H groups in total. The molecule has 0 aliphatic heterocycles. The van der Waals surface area contributed by atoms with Crippen LogP contribution >= 0.6 is 0 Å². The van der Waals surface area contributed by atoms with E-state index in [9.17, 15) is 13.2 Å². The molecule has 2 aromatic carbocycles. The molecular formula is C13H13NO4S. The third kappa shape index (κ3) is 2.85. The molecule has 0 saturated carbocycles. The quantitative estimate of drug-likeness (QED) is 0.869. The van der Waals surface area contributed by atoms with Crippen LogP contribution in [0.4, 0.5) is 5.69 Å². The average Bonchev–Trinajstić information content (AvgIpc) is 2.35. The van der Waals surface area contributed by atoms with Gasteiger partial charge in [-0.05, 0) is 29.0 Å². The molecule has 19 heavy (non-hydrogen) atoms. The van der Waals surface area contributed by atoms with Gasteiger partial charge in [-0.15, -0.1) is 0 Å². The molecular weight excluding hydrogens is 266 g/mol. The number of methoxy groups -OCH3 is 1. The highest BCUT2D eigenvalue weighted by Crippen LogP contribution is 2.28. The van der Waals surface area contributed by atoms with Crippen molar-refractivity contribution in [1.82, 2.24) is 0 Å². The van der Waals surface area contributed by atoms with E-state index >= 15 is 0 Å². The van der Waals surface area contributed by atoms with Crippen molar-refractivity contribution in [2.75, 3.05) is 18.1 Å². The summed E-state index contributed by atoms with van der Waals surface area (Å²) in [7, 11) is -1.82. The molecule has 5 nitrogen and oxygen atoms in total. The van der Waals surface area contributed by atoms with Crippen molar-refractivity contribution in [3.63, 3.8) is 0 Å². The first-order valence-corrected chi connectivity index (χ1v) is 7.37. The summed E-state index contributed by atoms with van der Waals surface area (Å²) in [6, 6.07) is 8.42. The number of hydrogen-bond donors (Lipinski definition) is 1. The van der Waals surface area contributed by atoms with E-state index in [0.717, 1.165) is 17.9 Å². The van der Waals surface area contributed by atoms with E-state index in [2.05, 4.69) is 4.72 Å². The first-order valence-electron chi connectivity index (χ1n) is 5.48. The highest BCUT2D eigenvalue weighted by Gasteiger charge is 2.09. The fourth-order valence-corrected chi connectivity index (χ4v) is 2.47. The van der Waals surface area contributed by atoms with Gasteiger partial charge >= 0.3 is 0 Å². The highest BCUT2D eigenvalue weighted by molar-refractivity contribution is 7.92. The van der Waals surface area contributed by atoms with E-state index in [1.165, 1.54) is 7.11 Å². The van der Waals surface area contributed by atoms with Crippen molar-refractivity contribution in [1.29, 1.82) is 0 Å². The van der Waals surface area contributed by atoms with Crippen LogP contribution in [0.2, 0.25) is 0 Å². The van der Waals surface area contributed by atoms with Gasteiger partial charge in [-0.3, -0.25) is 9.52 Å². The van der Waals surface area contributed by atoms with E-state index < -0.39 is 10.0 Å². The van der Waals surface area contributed by atoms with Gasteiger partial charge in [0.1, 0.15) is 5.75 Å². The summed E-state index contributed by atoms with van der Waals surface area (Å²) in [5.74, 6) is 0.492. The number of benzene rings is 2. The average molecular weight is 279 g/mol. The molecule has 2 rings (SSSR count). The van der Waals surface area contributed by atoms with Crippen LogP contribution in [0.25, 0.3) is 10.8 Å². The van der Waals surface area contributed by atoms with Gasteiger partial charge in [0.2, 0.25) is 10.0 Å². The maximum atomic E-state index is 11.2. The molecule has 0 aromatic heterocycles. The molecule has 0 unspecified atom stereocenters. The van der Waals surface area contributed by atoms with Crippen LogP contribution in [-0.2, 0) is 10.0 Å². The van der Waals surface area contributed by atoms with Crippen LogP contribution < -0.4 is 9.46 Å². The molecule has 0 bridgehead atoms. The van der Waals surface area contributed by atoms with Gasteiger partial charge < -0.3 is 4.74 Å². The van der Waals surface area contributed by atoms with Crippen LogP contribution in [0, 0.1) is 0 Å². The molecule has 0 radical (unpaired) electrons. The topological polar surface area (TPSA) is 72.5 Å². The molecule has 0 amide bonds. The third-order valence-corrected chi connectivity index (χ3v) is 3.27. The van der Waals surface area contributed by atoms with E-state index in [0.29, 0.717) is 22.4 Å². The van der Waals surface area contributed by atoms with Crippen LogP contribution in [0.1, 0.15) is 10.4 Å². The molecule has 0 fully saturated rings. The SMILES string of the molecule is COc1ccc2cc(NS(C)(=O)=O)ccc2c1C=O. The van der Waals surface area contributed by atoms with Crippen molar-refractivity contribution >= 4 is 32.8 Å². The summed E-state index contributed by atoms with van der Waals surface area (Å²) < 4.78 is 29.9. The first-order chi connectivity index (χ1) is 8.94.